The Hall–Kier alpha value is -1.30. The summed E-state index contributed by atoms with van der Waals surface area (Å²) in [5, 5.41) is 25.2. The van der Waals surface area contributed by atoms with Gasteiger partial charge in [0.2, 0.25) is 0 Å². The first-order valence-corrected chi connectivity index (χ1v) is 5.86. The van der Waals surface area contributed by atoms with Crippen LogP contribution in [0, 0.1) is 0 Å². The van der Waals surface area contributed by atoms with Crippen molar-refractivity contribution >= 4 is 11.4 Å². The lowest BCUT2D eigenvalue weighted by atomic mass is 10.1. The number of hydrogen-bond acceptors (Lipinski definition) is 5. The van der Waals surface area contributed by atoms with Crippen molar-refractivity contribution in [1.29, 1.82) is 0 Å². The lowest BCUT2D eigenvalue weighted by Gasteiger charge is -2.16. The van der Waals surface area contributed by atoms with Crippen molar-refractivity contribution in [1.82, 2.24) is 5.32 Å². The zero-order chi connectivity index (χ0) is 12.3. The van der Waals surface area contributed by atoms with Crippen LogP contribution in [0.1, 0.15) is 18.1 Å². The SMILES string of the molecule is Nc1ccc(NC2CCNC2)cc1C(O)CO. The Morgan fingerprint density at radius 3 is 3.00 bits per heavy atom. The molecule has 0 amide bonds. The molecule has 94 valence electrons. The molecule has 5 heteroatoms. The van der Waals surface area contributed by atoms with Crippen molar-refractivity contribution in [3.8, 4) is 0 Å². The van der Waals surface area contributed by atoms with E-state index in [-0.39, 0.29) is 6.61 Å². The highest BCUT2D eigenvalue weighted by Gasteiger charge is 2.15. The van der Waals surface area contributed by atoms with Crippen molar-refractivity contribution in [3.63, 3.8) is 0 Å². The van der Waals surface area contributed by atoms with Crippen LogP contribution < -0.4 is 16.4 Å². The number of aliphatic hydroxyl groups is 2. The molecule has 1 heterocycles. The monoisotopic (exact) mass is 237 g/mol. The molecule has 2 atom stereocenters. The van der Waals surface area contributed by atoms with Crippen LogP contribution in [-0.4, -0.2) is 36.0 Å². The van der Waals surface area contributed by atoms with Crippen molar-refractivity contribution in [3.05, 3.63) is 23.8 Å². The van der Waals surface area contributed by atoms with Gasteiger partial charge in [0.1, 0.15) is 6.10 Å². The predicted molar refractivity (Wildman–Crippen MR) is 67.8 cm³/mol. The quantitative estimate of drug-likeness (QED) is 0.478. The molecule has 0 saturated carbocycles. The standard InChI is InChI=1S/C12H19N3O2/c13-11-2-1-8(5-10(11)12(17)7-16)15-9-3-4-14-6-9/h1-2,5,9,12,14-17H,3-4,6-7,13H2. The summed E-state index contributed by atoms with van der Waals surface area (Å²) in [7, 11) is 0. The van der Waals surface area contributed by atoms with E-state index >= 15 is 0 Å². The number of nitrogen functional groups attached to an aromatic ring is 1. The van der Waals surface area contributed by atoms with E-state index in [0.717, 1.165) is 25.2 Å². The van der Waals surface area contributed by atoms with Crippen LogP contribution in [0.15, 0.2) is 18.2 Å². The molecule has 1 aliphatic rings. The Bertz CT molecular complexity index is 378. The predicted octanol–water partition coefficient (Wildman–Crippen LogP) is 0.0683. The molecule has 1 aromatic carbocycles. The van der Waals surface area contributed by atoms with Crippen LogP contribution >= 0.6 is 0 Å². The summed E-state index contributed by atoms with van der Waals surface area (Å²) in [6.07, 6.45) is 0.167. The Labute approximate surface area is 101 Å². The Balaban J connectivity index is 2.12. The molecule has 0 spiro atoms. The molecule has 5 nitrogen and oxygen atoms in total. The zero-order valence-electron chi connectivity index (χ0n) is 9.69. The van der Waals surface area contributed by atoms with E-state index in [9.17, 15) is 5.11 Å². The molecule has 6 N–H and O–H groups in total. The molecule has 0 aliphatic carbocycles. The summed E-state index contributed by atoms with van der Waals surface area (Å²) < 4.78 is 0. The first kappa shape index (κ1) is 12.2. The molecule has 0 radical (unpaired) electrons. The summed E-state index contributed by atoms with van der Waals surface area (Å²) in [5.41, 5.74) is 7.76. The Morgan fingerprint density at radius 1 is 1.53 bits per heavy atom. The largest absolute Gasteiger partial charge is 0.398 e. The summed E-state index contributed by atoms with van der Waals surface area (Å²) in [4.78, 5) is 0. The maximum absolute atomic E-state index is 9.63. The molecular weight excluding hydrogens is 218 g/mol. The molecule has 2 rings (SSSR count). The molecule has 1 fully saturated rings. The van der Waals surface area contributed by atoms with E-state index in [1.165, 1.54) is 0 Å². The van der Waals surface area contributed by atoms with Crippen LogP contribution in [0.4, 0.5) is 11.4 Å². The minimum atomic E-state index is -0.918. The van der Waals surface area contributed by atoms with Gasteiger partial charge in [0, 0.05) is 29.5 Å². The molecule has 1 aromatic rings. The van der Waals surface area contributed by atoms with E-state index in [4.69, 9.17) is 10.8 Å². The second-order valence-corrected chi connectivity index (χ2v) is 4.38. The number of anilines is 2. The van der Waals surface area contributed by atoms with E-state index in [1.807, 2.05) is 6.07 Å². The number of rotatable bonds is 4. The number of hydrogen-bond donors (Lipinski definition) is 5. The first-order valence-electron chi connectivity index (χ1n) is 5.86. The van der Waals surface area contributed by atoms with Crippen LogP contribution in [0.2, 0.25) is 0 Å². The zero-order valence-corrected chi connectivity index (χ0v) is 9.69. The van der Waals surface area contributed by atoms with Gasteiger partial charge in [-0.15, -0.1) is 0 Å². The molecular formula is C12H19N3O2. The maximum Gasteiger partial charge on any atom is 0.104 e. The minimum absolute atomic E-state index is 0.321. The van der Waals surface area contributed by atoms with Crippen LogP contribution in [0.25, 0.3) is 0 Å². The van der Waals surface area contributed by atoms with Gasteiger partial charge in [-0.2, -0.15) is 0 Å². The topological polar surface area (TPSA) is 90.5 Å². The van der Waals surface area contributed by atoms with Gasteiger partial charge < -0.3 is 26.6 Å². The van der Waals surface area contributed by atoms with Crippen LogP contribution in [-0.2, 0) is 0 Å². The molecule has 1 saturated heterocycles. The van der Waals surface area contributed by atoms with E-state index < -0.39 is 6.10 Å². The van der Waals surface area contributed by atoms with Crippen molar-refractivity contribution in [2.45, 2.75) is 18.6 Å². The summed E-state index contributed by atoms with van der Waals surface area (Å²) in [6, 6.07) is 5.85. The third-order valence-electron chi connectivity index (χ3n) is 3.05. The van der Waals surface area contributed by atoms with Gasteiger partial charge in [0.05, 0.1) is 6.61 Å². The van der Waals surface area contributed by atoms with Gasteiger partial charge in [-0.1, -0.05) is 0 Å². The average molecular weight is 237 g/mol. The molecule has 0 aromatic heterocycles. The molecule has 0 bridgehead atoms. The third-order valence-corrected chi connectivity index (χ3v) is 3.05. The highest BCUT2D eigenvalue weighted by molar-refractivity contribution is 5.58. The summed E-state index contributed by atoms with van der Waals surface area (Å²) in [6.45, 7) is 1.65. The fourth-order valence-electron chi connectivity index (χ4n) is 2.07. The van der Waals surface area contributed by atoms with Gasteiger partial charge >= 0.3 is 0 Å². The van der Waals surface area contributed by atoms with E-state index in [1.54, 1.807) is 12.1 Å². The minimum Gasteiger partial charge on any atom is -0.398 e. The Kier molecular flexibility index (Phi) is 3.83. The maximum atomic E-state index is 9.63. The molecule has 17 heavy (non-hydrogen) atoms. The van der Waals surface area contributed by atoms with Gasteiger partial charge in [-0.25, -0.2) is 0 Å². The van der Waals surface area contributed by atoms with Crippen molar-refractivity contribution in [2.24, 2.45) is 0 Å². The smallest absolute Gasteiger partial charge is 0.104 e. The average Bonchev–Trinajstić information content (AvgIpc) is 2.83. The van der Waals surface area contributed by atoms with Gasteiger partial charge in [0.25, 0.3) is 0 Å². The van der Waals surface area contributed by atoms with Gasteiger partial charge in [-0.3, -0.25) is 0 Å². The Morgan fingerprint density at radius 2 is 2.35 bits per heavy atom. The molecule has 2 unspecified atom stereocenters. The summed E-state index contributed by atoms with van der Waals surface area (Å²) in [5.74, 6) is 0. The highest BCUT2D eigenvalue weighted by atomic mass is 16.3. The van der Waals surface area contributed by atoms with Gasteiger partial charge in [-0.05, 0) is 31.2 Å². The van der Waals surface area contributed by atoms with Crippen molar-refractivity contribution < 1.29 is 10.2 Å². The molecule has 1 aliphatic heterocycles. The lowest BCUT2D eigenvalue weighted by molar-refractivity contribution is 0.0962. The van der Waals surface area contributed by atoms with E-state index in [0.29, 0.717) is 17.3 Å². The van der Waals surface area contributed by atoms with Crippen LogP contribution in [0.5, 0.6) is 0 Å². The van der Waals surface area contributed by atoms with E-state index in [2.05, 4.69) is 10.6 Å². The normalized spacial score (nSPS) is 21.4. The number of nitrogens with two attached hydrogens (primary N) is 1. The second-order valence-electron chi connectivity index (χ2n) is 4.38. The number of aliphatic hydroxyl groups excluding tert-OH is 2. The third kappa shape index (κ3) is 2.88. The number of benzene rings is 1. The lowest BCUT2D eigenvalue weighted by Crippen LogP contribution is -2.22. The fraction of sp³-hybridized carbons (Fsp3) is 0.500. The highest BCUT2D eigenvalue weighted by Crippen LogP contribution is 2.24. The van der Waals surface area contributed by atoms with Crippen LogP contribution in [0.3, 0.4) is 0 Å². The fourth-order valence-corrected chi connectivity index (χ4v) is 2.07. The summed E-state index contributed by atoms with van der Waals surface area (Å²) >= 11 is 0. The second kappa shape index (κ2) is 5.35. The van der Waals surface area contributed by atoms with Gasteiger partial charge in [0.15, 0.2) is 0 Å². The first-order chi connectivity index (χ1) is 8.20. The van der Waals surface area contributed by atoms with Crippen molar-refractivity contribution in [2.75, 3.05) is 30.7 Å². The number of nitrogens with one attached hydrogen (secondary N) is 2.